The Morgan fingerprint density at radius 1 is 1.48 bits per heavy atom. The Morgan fingerprint density at radius 2 is 2.19 bits per heavy atom. The zero-order valence-corrected chi connectivity index (χ0v) is 12.6. The fraction of sp³-hybridized carbons (Fsp3) is 0.571. The Hall–Kier alpha value is -2.27. The number of amides is 2. The van der Waals surface area contributed by atoms with E-state index in [9.17, 15) is 9.59 Å². The maximum Gasteiger partial charge on any atom is 0.344 e. The Balaban J connectivity index is 3.74. The molecule has 0 saturated heterocycles. The van der Waals surface area contributed by atoms with Crippen molar-refractivity contribution in [2.75, 3.05) is 6.54 Å². The molecule has 0 aromatic rings. The molecular formula is C14H23N5O2. The number of rotatable bonds is 10. The van der Waals surface area contributed by atoms with Crippen molar-refractivity contribution < 1.29 is 14.4 Å². The molecule has 1 unspecified atom stereocenters. The Kier molecular flexibility index (Phi) is 10.3. The lowest BCUT2D eigenvalue weighted by molar-refractivity contribution is -0.124. The van der Waals surface area contributed by atoms with Crippen LogP contribution in [0.3, 0.4) is 0 Å². The molecule has 0 aromatic carbocycles. The van der Waals surface area contributed by atoms with Gasteiger partial charge >= 0.3 is 12.1 Å². The van der Waals surface area contributed by atoms with E-state index in [0.29, 0.717) is 12.1 Å². The van der Waals surface area contributed by atoms with Crippen LogP contribution in [0.1, 0.15) is 39.5 Å². The molecule has 7 nitrogen and oxygen atoms in total. The number of carbonyl (C=O) groups is 2. The fourth-order valence-corrected chi connectivity index (χ4v) is 1.53. The summed E-state index contributed by atoms with van der Waals surface area (Å²) < 4.78 is 0. The quantitative estimate of drug-likeness (QED) is 0.208. The fourth-order valence-electron chi connectivity index (χ4n) is 1.53. The molecule has 116 valence electrons. The van der Waals surface area contributed by atoms with Gasteiger partial charge in [0, 0.05) is 6.21 Å². The van der Waals surface area contributed by atoms with Crippen LogP contribution in [0.25, 0.3) is 5.53 Å². The van der Waals surface area contributed by atoms with Crippen LogP contribution in [0.2, 0.25) is 0 Å². The van der Waals surface area contributed by atoms with E-state index in [1.807, 2.05) is 6.92 Å². The largest absolute Gasteiger partial charge is 0.361 e. The van der Waals surface area contributed by atoms with Crippen molar-refractivity contribution in [3.8, 4) is 0 Å². The number of carbonyl (C=O) groups excluding carboxylic acids is 2. The summed E-state index contributed by atoms with van der Waals surface area (Å²) in [6.45, 7) is 7.78. The summed E-state index contributed by atoms with van der Waals surface area (Å²) in [5.41, 5.74) is 11.6. The molecule has 0 aliphatic heterocycles. The summed E-state index contributed by atoms with van der Waals surface area (Å²) in [5, 5.41) is 6.03. The van der Waals surface area contributed by atoms with Gasteiger partial charge in [-0.05, 0) is 32.1 Å². The summed E-state index contributed by atoms with van der Waals surface area (Å²) in [7, 11) is 0. The van der Waals surface area contributed by atoms with Crippen molar-refractivity contribution in [2.24, 2.45) is 11.0 Å². The zero-order valence-electron chi connectivity index (χ0n) is 12.6. The van der Waals surface area contributed by atoms with Gasteiger partial charge in [0.05, 0.1) is 6.54 Å². The van der Waals surface area contributed by atoms with E-state index in [1.165, 1.54) is 5.57 Å². The molecule has 2 N–H and O–H groups in total. The van der Waals surface area contributed by atoms with Gasteiger partial charge < -0.3 is 10.8 Å². The van der Waals surface area contributed by atoms with Crippen LogP contribution in [-0.4, -0.2) is 35.6 Å². The standard InChI is InChI=1S/C14H23N5O2/c1-11(2)5-4-6-12(3)7-8-18-19-14(21)9-16-13(20)10-17-15/h8,10,12H,1,4-7,9H2,2-3H3,(H,16,20)(H,19,21). The highest BCUT2D eigenvalue weighted by Crippen LogP contribution is 2.12. The molecule has 0 aliphatic carbocycles. The highest BCUT2D eigenvalue weighted by Gasteiger charge is 2.05. The van der Waals surface area contributed by atoms with E-state index >= 15 is 0 Å². The summed E-state index contributed by atoms with van der Waals surface area (Å²) in [6, 6.07) is 0. The second-order valence-electron chi connectivity index (χ2n) is 5.00. The lowest BCUT2D eigenvalue weighted by atomic mass is 10.00. The second-order valence-corrected chi connectivity index (χ2v) is 5.00. The molecule has 2 amide bonds. The van der Waals surface area contributed by atoms with Gasteiger partial charge in [0.2, 0.25) is 0 Å². The van der Waals surface area contributed by atoms with Crippen molar-refractivity contribution in [3.05, 3.63) is 17.7 Å². The van der Waals surface area contributed by atoms with Crippen LogP contribution in [0.4, 0.5) is 0 Å². The first-order chi connectivity index (χ1) is 9.95. The van der Waals surface area contributed by atoms with Crippen molar-refractivity contribution in [2.45, 2.75) is 39.5 Å². The first-order valence-electron chi connectivity index (χ1n) is 6.85. The van der Waals surface area contributed by atoms with E-state index in [-0.39, 0.29) is 6.54 Å². The average molecular weight is 293 g/mol. The zero-order chi connectivity index (χ0) is 16.1. The van der Waals surface area contributed by atoms with Crippen molar-refractivity contribution in [1.82, 2.24) is 10.7 Å². The SMILES string of the molecule is C=C(C)CCCC(C)CC=NNC(=O)CNC(=O)C=[N+]=[N-]. The summed E-state index contributed by atoms with van der Waals surface area (Å²) >= 11 is 0. The second kappa shape index (κ2) is 11.5. The normalized spacial score (nSPS) is 11.5. The minimum atomic E-state index is -0.650. The minimum Gasteiger partial charge on any atom is -0.361 e. The smallest absolute Gasteiger partial charge is 0.344 e. The molecule has 7 heteroatoms. The third-order valence-electron chi connectivity index (χ3n) is 2.69. The summed E-state index contributed by atoms with van der Waals surface area (Å²) in [4.78, 5) is 24.7. The Morgan fingerprint density at radius 3 is 2.81 bits per heavy atom. The highest BCUT2D eigenvalue weighted by molar-refractivity contribution is 6.24. The molecular weight excluding hydrogens is 270 g/mol. The third-order valence-corrected chi connectivity index (χ3v) is 2.69. The lowest BCUT2D eigenvalue weighted by Gasteiger charge is -2.07. The molecule has 0 aliphatic rings. The first-order valence-corrected chi connectivity index (χ1v) is 6.85. The van der Waals surface area contributed by atoms with Gasteiger partial charge in [-0.15, -0.1) is 6.58 Å². The van der Waals surface area contributed by atoms with E-state index in [0.717, 1.165) is 25.7 Å². The molecule has 0 saturated carbocycles. The predicted molar refractivity (Wildman–Crippen MR) is 81.8 cm³/mol. The van der Waals surface area contributed by atoms with Gasteiger partial charge in [0.15, 0.2) is 0 Å². The van der Waals surface area contributed by atoms with Gasteiger partial charge in [-0.2, -0.15) is 9.89 Å². The van der Waals surface area contributed by atoms with Crippen molar-refractivity contribution >= 4 is 24.2 Å². The van der Waals surface area contributed by atoms with Gasteiger partial charge in [0.1, 0.15) is 0 Å². The van der Waals surface area contributed by atoms with Crippen LogP contribution in [0.15, 0.2) is 17.3 Å². The van der Waals surface area contributed by atoms with Gasteiger partial charge in [-0.25, -0.2) is 5.43 Å². The van der Waals surface area contributed by atoms with Crippen molar-refractivity contribution in [3.63, 3.8) is 0 Å². The van der Waals surface area contributed by atoms with Crippen LogP contribution >= 0.6 is 0 Å². The molecule has 0 radical (unpaired) electrons. The van der Waals surface area contributed by atoms with Crippen LogP contribution in [-0.2, 0) is 9.59 Å². The minimum absolute atomic E-state index is 0.226. The average Bonchev–Trinajstić information content (AvgIpc) is 2.41. The van der Waals surface area contributed by atoms with E-state index in [2.05, 4.69) is 34.1 Å². The number of allylic oxidation sites excluding steroid dienone is 1. The monoisotopic (exact) mass is 293 g/mol. The molecule has 21 heavy (non-hydrogen) atoms. The molecule has 0 fully saturated rings. The maximum absolute atomic E-state index is 11.3. The molecule has 0 bridgehead atoms. The number of hydrogen-bond donors (Lipinski definition) is 2. The number of nitrogens with one attached hydrogen (secondary N) is 2. The van der Waals surface area contributed by atoms with Crippen LogP contribution in [0.5, 0.6) is 0 Å². The molecule has 1 atom stereocenters. The molecule has 0 spiro atoms. The predicted octanol–water partition coefficient (Wildman–Crippen LogP) is 1.28. The molecule has 0 rings (SSSR count). The highest BCUT2D eigenvalue weighted by atomic mass is 16.2. The van der Waals surface area contributed by atoms with Crippen LogP contribution < -0.4 is 10.7 Å². The summed E-state index contributed by atoms with van der Waals surface area (Å²) in [6.07, 6.45) is 6.33. The van der Waals surface area contributed by atoms with Crippen LogP contribution in [0, 0.1) is 5.92 Å². The summed E-state index contributed by atoms with van der Waals surface area (Å²) in [5.74, 6) is -0.603. The first kappa shape index (κ1) is 18.7. The topological polar surface area (TPSA) is 107 Å². The van der Waals surface area contributed by atoms with Gasteiger partial charge in [-0.3, -0.25) is 9.59 Å². The van der Waals surface area contributed by atoms with E-state index in [4.69, 9.17) is 5.53 Å². The number of nitrogens with zero attached hydrogens (tertiary/aromatic N) is 3. The van der Waals surface area contributed by atoms with Gasteiger partial charge in [0.25, 0.3) is 5.91 Å². The van der Waals surface area contributed by atoms with E-state index < -0.39 is 11.8 Å². The van der Waals surface area contributed by atoms with E-state index in [1.54, 1.807) is 6.21 Å². The van der Waals surface area contributed by atoms with Crippen molar-refractivity contribution in [1.29, 1.82) is 0 Å². The Labute approximate surface area is 125 Å². The molecule has 0 heterocycles. The van der Waals surface area contributed by atoms with Gasteiger partial charge in [-0.1, -0.05) is 18.9 Å². The Bertz CT molecular complexity index is 439. The third kappa shape index (κ3) is 12.5. The number of hydrazone groups is 1. The maximum atomic E-state index is 11.3. The molecule has 0 aromatic heterocycles. The lowest BCUT2D eigenvalue weighted by Crippen LogP contribution is -2.35. The number of hydrogen-bond acceptors (Lipinski definition) is 3.